The van der Waals surface area contributed by atoms with Gasteiger partial charge in [0, 0.05) is 51.5 Å². The van der Waals surface area contributed by atoms with E-state index in [1.807, 2.05) is 6.07 Å². The molecule has 1 aromatic heterocycles. The third-order valence-electron chi connectivity index (χ3n) is 5.04. The van der Waals surface area contributed by atoms with Crippen molar-refractivity contribution in [3.8, 4) is 5.75 Å². The second kappa shape index (κ2) is 8.06. The summed E-state index contributed by atoms with van der Waals surface area (Å²) < 4.78 is 21.6. The molecule has 0 bridgehead atoms. The summed E-state index contributed by atoms with van der Waals surface area (Å²) in [5.41, 5.74) is 0.701. The van der Waals surface area contributed by atoms with Crippen molar-refractivity contribution in [2.24, 2.45) is 14.1 Å². The van der Waals surface area contributed by atoms with Crippen LogP contribution in [0.15, 0.2) is 34.0 Å². The van der Waals surface area contributed by atoms with Crippen molar-refractivity contribution in [1.29, 1.82) is 0 Å². The maximum absolute atomic E-state index is 14.1. The first-order valence-electron chi connectivity index (χ1n) is 8.93. The molecular formula is C19H25FN4O3. The first-order chi connectivity index (χ1) is 12.9. The normalized spacial score (nSPS) is 16.9. The summed E-state index contributed by atoms with van der Waals surface area (Å²) >= 11 is 0. The fraction of sp³-hybridized carbons (Fsp3) is 0.474. The van der Waals surface area contributed by atoms with E-state index in [-0.39, 0.29) is 23.0 Å². The van der Waals surface area contributed by atoms with Crippen LogP contribution in [0.3, 0.4) is 0 Å². The van der Waals surface area contributed by atoms with Crippen molar-refractivity contribution in [2.75, 3.05) is 20.2 Å². The molecule has 0 saturated carbocycles. The number of nitrogens with one attached hydrogen (secondary N) is 1. The molecule has 2 aromatic rings. The van der Waals surface area contributed by atoms with Gasteiger partial charge in [-0.15, -0.1) is 0 Å². The molecule has 1 saturated heterocycles. The predicted octanol–water partition coefficient (Wildman–Crippen LogP) is 0.596. The van der Waals surface area contributed by atoms with Gasteiger partial charge in [-0.3, -0.25) is 14.3 Å². The summed E-state index contributed by atoms with van der Waals surface area (Å²) in [5, 5.41) is 3.33. The zero-order chi connectivity index (χ0) is 19.6. The largest absolute Gasteiger partial charge is 0.494 e. The van der Waals surface area contributed by atoms with Gasteiger partial charge in [-0.1, -0.05) is 6.07 Å². The number of hydrogen-bond donors (Lipinski definition) is 1. The molecule has 1 aromatic carbocycles. The molecule has 0 aliphatic carbocycles. The molecule has 3 rings (SSSR count). The monoisotopic (exact) mass is 376 g/mol. The van der Waals surface area contributed by atoms with E-state index in [1.54, 1.807) is 19.3 Å². The van der Waals surface area contributed by atoms with Crippen LogP contribution in [-0.4, -0.2) is 40.3 Å². The summed E-state index contributed by atoms with van der Waals surface area (Å²) in [5.74, 6) is -0.197. The van der Waals surface area contributed by atoms with Crippen LogP contribution < -0.4 is 21.3 Å². The lowest BCUT2D eigenvalue weighted by Gasteiger charge is -2.28. The van der Waals surface area contributed by atoms with Crippen LogP contribution in [0, 0.1) is 5.82 Å². The van der Waals surface area contributed by atoms with Crippen LogP contribution in [0.4, 0.5) is 4.39 Å². The van der Waals surface area contributed by atoms with Crippen molar-refractivity contribution in [3.63, 3.8) is 0 Å². The lowest BCUT2D eigenvalue weighted by Crippen LogP contribution is -2.42. The molecule has 0 spiro atoms. The SMILES string of the molecule is COc1ccc(CN(Cc2cn(C)c(=O)n(C)c2=O)C2CCNC2)cc1F. The van der Waals surface area contributed by atoms with Gasteiger partial charge in [0.05, 0.1) is 7.11 Å². The molecule has 1 N–H and O–H groups in total. The van der Waals surface area contributed by atoms with E-state index in [4.69, 9.17) is 4.74 Å². The van der Waals surface area contributed by atoms with Crippen molar-refractivity contribution < 1.29 is 9.13 Å². The fourth-order valence-corrected chi connectivity index (χ4v) is 3.52. The number of methoxy groups -OCH3 is 1. The lowest BCUT2D eigenvalue weighted by molar-refractivity contribution is 0.188. The average Bonchev–Trinajstić information content (AvgIpc) is 3.18. The van der Waals surface area contributed by atoms with Gasteiger partial charge in [0.15, 0.2) is 11.6 Å². The minimum atomic E-state index is -0.405. The smallest absolute Gasteiger partial charge is 0.330 e. The predicted molar refractivity (Wildman–Crippen MR) is 100 cm³/mol. The Morgan fingerprint density at radius 1 is 1.30 bits per heavy atom. The molecule has 8 heteroatoms. The van der Waals surface area contributed by atoms with Gasteiger partial charge in [0.25, 0.3) is 5.56 Å². The Morgan fingerprint density at radius 2 is 2.07 bits per heavy atom. The molecule has 1 aliphatic heterocycles. The number of benzene rings is 1. The van der Waals surface area contributed by atoms with E-state index in [0.717, 1.165) is 29.6 Å². The van der Waals surface area contributed by atoms with E-state index < -0.39 is 5.82 Å². The van der Waals surface area contributed by atoms with E-state index in [1.165, 1.54) is 24.8 Å². The molecule has 0 amide bonds. The van der Waals surface area contributed by atoms with Crippen molar-refractivity contribution in [1.82, 2.24) is 19.4 Å². The summed E-state index contributed by atoms with van der Waals surface area (Å²) in [7, 11) is 4.55. The van der Waals surface area contributed by atoms with Gasteiger partial charge in [0.1, 0.15) is 0 Å². The lowest BCUT2D eigenvalue weighted by atomic mass is 10.1. The number of aryl methyl sites for hydroxylation is 1. The Kier molecular flexibility index (Phi) is 5.76. The molecule has 0 radical (unpaired) electrons. The van der Waals surface area contributed by atoms with E-state index >= 15 is 0 Å². The molecule has 146 valence electrons. The quantitative estimate of drug-likeness (QED) is 0.800. The summed E-state index contributed by atoms with van der Waals surface area (Å²) in [6, 6.07) is 5.14. The zero-order valence-corrected chi connectivity index (χ0v) is 15.9. The van der Waals surface area contributed by atoms with Crippen LogP contribution in [0.25, 0.3) is 0 Å². The number of aromatic nitrogens is 2. The second-order valence-corrected chi connectivity index (χ2v) is 6.93. The van der Waals surface area contributed by atoms with E-state index in [0.29, 0.717) is 18.7 Å². The van der Waals surface area contributed by atoms with Gasteiger partial charge in [-0.05, 0) is 30.7 Å². The Bertz CT molecular complexity index is 932. The molecule has 1 aliphatic rings. The minimum absolute atomic E-state index is 0.208. The third kappa shape index (κ3) is 4.12. The minimum Gasteiger partial charge on any atom is -0.494 e. The van der Waals surface area contributed by atoms with Crippen molar-refractivity contribution in [3.05, 3.63) is 62.2 Å². The standard InChI is InChI=1S/C19H25FN4O3/c1-22-11-14(18(25)23(2)19(22)26)12-24(15-6-7-21-9-15)10-13-4-5-17(27-3)16(20)8-13/h4-5,8,11,15,21H,6-7,9-10,12H2,1-3H3. The Labute approximate surface area is 157 Å². The summed E-state index contributed by atoms with van der Waals surface area (Å²) in [4.78, 5) is 26.6. The van der Waals surface area contributed by atoms with Crippen LogP contribution in [0.2, 0.25) is 0 Å². The Morgan fingerprint density at radius 3 is 2.70 bits per heavy atom. The number of nitrogens with zero attached hydrogens (tertiary/aromatic N) is 3. The van der Waals surface area contributed by atoms with Crippen molar-refractivity contribution >= 4 is 0 Å². The highest BCUT2D eigenvalue weighted by atomic mass is 19.1. The number of hydrogen-bond acceptors (Lipinski definition) is 5. The molecule has 1 fully saturated rings. The first-order valence-corrected chi connectivity index (χ1v) is 8.93. The fourth-order valence-electron chi connectivity index (χ4n) is 3.52. The molecule has 1 unspecified atom stereocenters. The van der Waals surface area contributed by atoms with Gasteiger partial charge in [-0.2, -0.15) is 0 Å². The molecule has 7 nitrogen and oxygen atoms in total. The Balaban J connectivity index is 1.90. The first kappa shape index (κ1) is 19.3. The molecule has 2 heterocycles. The highest BCUT2D eigenvalue weighted by molar-refractivity contribution is 5.29. The van der Waals surface area contributed by atoms with E-state index in [2.05, 4.69) is 10.2 Å². The second-order valence-electron chi connectivity index (χ2n) is 6.93. The van der Waals surface area contributed by atoms with Crippen LogP contribution in [0.5, 0.6) is 5.75 Å². The third-order valence-corrected chi connectivity index (χ3v) is 5.04. The van der Waals surface area contributed by atoms with E-state index in [9.17, 15) is 14.0 Å². The molecular weight excluding hydrogens is 351 g/mol. The van der Waals surface area contributed by atoms with Crippen LogP contribution >= 0.6 is 0 Å². The van der Waals surface area contributed by atoms with Gasteiger partial charge < -0.3 is 14.6 Å². The van der Waals surface area contributed by atoms with Crippen molar-refractivity contribution in [2.45, 2.75) is 25.6 Å². The van der Waals surface area contributed by atoms with Crippen LogP contribution in [-0.2, 0) is 27.2 Å². The van der Waals surface area contributed by atoms with Crippen LogP contribution in [0.1, 0.15) is 17.5 Å². The van der Waals surface area contributed by atoms with Gasteiger partial charge in [0.2, 0.25) is 0 Å². The molecule has 27 heavy (non-hydrogen) atoms. The number of rotatable bonds is 6. The number of ether oxygens (including phenoxy) is 1. The average molecular weight is 376 g/mol. The highest BCUT2D eigenvalue weighted by Crippen LogP contribution is 2.21. The highest BCUT2D eigenvalue weighted by Gasteiger charge is 2.24. The number of halogens is 1. The maximum atomic E-state index is 14.1. The summed E-state index contributed by atoms with van der Waals surface area (Å²) in [6.07, 6.45) is 2.54. The molecule has 1 atom stereocenters. The van der Waals surface area contributed by atoms with Gasteiger partial charge >= 0.3 is 5.69 Å². The maximum Gasteiger partial charge on any atom is 0.330 e. The topological polar surface area (TPSA) is 68.5 Å². The zero-order valence-electron chi connectivity index (χ0n) is 15.9. The summed E-state index contributed by atoms with van der Waals surface area (Å²) in [6.45, 7) is 2.61. The Hall–Kier alpha value is -2.45. The van der Waals surface area contributed by atoms with Gasteiger partial charge in [-0.25, -0.2) is 9.18 Å².